The molecule has 0 aliphatic heterocycles. The van der Waals surface area contributed by atoms with E-state index in [9.17, 15) is 13.2 Å². The topological polar surface area (TPSA) is 89.9 Å². The Bertz CT molecular complexity index is 608. The normalized spacial score (nSPS) is 11.7. The Labute approximate surface area is 116 Å². The second-order valence-corrected chi connectivity index (χ2v) is 4.75. The lowest BCUT2D eigenvalue weighted by atomic mass is 10.4. The van der Waals surface area contributed by atoms with Crippen LogP contribution in [0.1, 0.15) is 17.3 Å². The molecule has 6 nitrogen and oxygen atoms in total. The van der Waals surface area contributed by atoms with E-state index in [2.05, 4.69) is 20.4 Å². The summed E-state index contributed by atoms with van der Waals surface area (Å²) < 4.78 is 43.2. The second-order valence-electron chi connectivity index (χ2n) is 3.78. The van der Waals surface area contributed by atoms with Crippen LogP contribution < -0.4 is 11.3 Å². The highest BCUT2D eigenvalue weighted by Crippen LogP contribution is 2.32. The van der Waals surface area contributed by atoms with E-state index in [1.165, 1.54) is 6.07 Å². The van der Waals surface area contributed by atoms with E-state index < -0.39 is 12.0 Å². The Kier molecular flexibility index (Phi) is 3.86. The average molecular weight is 305 g/mol. The number of rotatable bonds is 3. The number of hydrogen-bond acceptors (Lipinski definition) is 7. The molecule has 3 N–H and O–H groups in total. The van der Waals surface area contributed by atoms with Crippen molar-refractivity contribution in [2.24, 2.45) is 5.84 Å². The summed E-state index contributed by atoms with van der Waals surface area (Å²) >= 11 is 0.858. The van der Waals surface area contributed by atoms with Gasteiger partial charge in [0, 0.05) is 6.07 Å². The summed E-state index contributed by atoms with van der Waals surface area (Å²) in [6, 6.07) is 1.27. The number of aromatic nitrogens is 3. The first-order valence-corrected chi connectivity index (χ1v) is 6.16. The van der Waals surface area contributed by atoms with Gasteiger partial charge in [-0.2, -0.15) is 13.2 Å². The molecule has 0 aromatic carbocycles. The Hall–Kier alpha value is -1.81. The van der Waals surface area contributed by atoms with Crippen molar-refractivity contribution >= 4 is 17.6 Å². The molecule has 108 valence electrons. The lowest BCUT2D eigenvalue weighted by molar-refractivity contribution is -0.145. The highest BCUT2D eigenvalue weighted by Gasteiger charge is 2.35. The molecule has 0 amide bonds. The number of nitrogens with one attached hydrogen (secondary N) is 1. The number of nitrogens with two attached hydrogens (primary N) is 1. The van der Waals surface area contributed by atoms with Crippen molar-refractivity contribution in [2.45, 2.75) is 30.3 Å². The van der Waals surface area contributed by atoms with Crippen LogP contribution in [0.3, 0.4) is 0 Å². The molecule has 0 radical (unpaired) electrons. The number of halogens is 3. The fraction of sp³-hybridized carbons (Fsp3) is 0.300. The van der Waals surface area contributed by atoms with Crippen LogP contribution in [0.15, 0.2) is 20.7 Å². The molecule has 0 aliphatic rings. The minimum Gasteiger partial charge on any atom is -0.436 e. The van der Waals surface area contributed by atoms with Crippen LogP contribution >= 0.6 is 11.8 Å². The maximum absolute atomic E-state index is 12.6. The molecule has 0 bridgehead atoms. The van der Waals surface area contributed by atoms with Gasteiger partial charge in [-0.3, -0.25) is 0 Å². The van der Waals surface area contributed by atoms with E-state index in [0.717, 1.165) is 11.8 Å². The van der Waals surface area contributed by atoms with E-state index in [1.54, 1.807) is 13.8 Å². The van der Waals surface area contributed by atoms with Crippen molar-refractivity contribution in [1.82, 2.24) is 15.0 Å². The van der Waals surface area contributed by atoms with Crippen LogP contribution in [-0.2, 0) is 6.18 Å². The van der Waals surface area contributed by atoms with Gasteiger partial charge in [-0.25, -0.2) is 20.8 Å². The van der Waals surface area contributed by atoms with Gasteiger partial charge < -0.3 is 9.84 Å². The monoisotopic (exact) mass is 305 g/mol. The summed E-state index contributed by atoms with van der Waals surface area (Å²) in [7, 11) is 0. The Morgan fingerprint density at radius 1 is 1.25 bits per heavy atom. The molecule has 0 aliphatic carbocycles. The van der Waals surface area contributed by atoms with Crippen molar-refractivity contribution < 1.29 is 17.6 Å². The number of nitrogen functional groups attached to an aromatic ring is 1. The van der Waals surface area contributed by atoms with Gasteiger partial charge in [0.2, 0.25) is 5.82 Å². The van der Waals surface area contributed by atoms with Gasteiger partial charge in [0.1, 0.15) is 16.6 Å². The first-order chi connectivity index (χ1) is 9.29. The molecule has 0 spiro atoms. The van der Waals surface area contributed by atoms with E-state index in [1.807, 2.05) is 0 Å². The van der Waals surface area contributed by atoms with Crippen LogP contribution in [-0.4, -0.2) is 15.0 Å². The van der Waals surface area contributed by atoms with E-state index >= 15 is 0 Å². The fourth-order valence-corrected chi connectivity index (χ4v) is 2.09. The summed E-state index contributed by atoms with van der Waals surface area (Å²) in [6.07, 6.45) is -4.66. The van der Waals surface area contributed by atoms with Crippen molar-refractivity contribution in [2.75, 3.05) is 5.43 Å². The molecule has 2 aromatic heterocycles. The van der Waals surface area contributed by atoms with E-state index in [4.69, 9.17) is 10.3 Å². The number of alkyl halides is 3. The zero-order chi connectivity index (χ0) is 14.9. The van der Waals surface area contributed by atoms with Crippen LogP contribution in [0.5, 0.6) is 0 Å². The molecule has 10 heteroatoms. The van der Waals surface area contributed by atoms with Crippen LogP contribution in [0.2, 0.25) is 0 Å². The zero-order valence-electron chi connectivity index (χ0n) is 10.4. The third-order valence-electron chi connectivity index (χ3n) is 2.30. The van der Waals surface area contributed by atoms with Crippen LogP contribution in [0, 0.1) is 13.8 Å². The van der Waals surface area contributed by atoms with Gasteiger partial charge in [-0.05, 0) is 25.6 Å². The molecule has 0 unspecified atom stereocenters. The molecular formula is C10H10F3N5OS. The Balaban J connectivity index is 2.36. The molecule has 20 heavy (non-hydrogen) atoms. The summed E-state index contributed by atoms with van der Waals surface area (Å²) in [5.74, 6) is 4.26. The predicted molar refractivity (Wildman–Crippen MR) is 64.9 cm³/mol. The zero-order valence-corrected chi connectivity index (χ0v) is 11.3. The maximum Gasteiger partial charge on any atom is 0.451 e. The van der Waals surface area contributed by atoms with Gasteiger partial charge in [0.15, 0.2) is 0 Å². The van der Waals surface area contributed by atoms with Crippen molar-refractivity contribution in [3.8, 4) is 0 Å². The molecule has 0 saturated heterocycles. The third kappa shape index (κ3) is 3.20. The lowest BCUT2D eigenvalue weighted by Gasteiger charge is -2.08. The summed E-state index contributed by atoms with van der Waals surface area (Å²) in [5, 5.41) is 0.233. The summed E-state index contributed by atoms with van der Waals surface area (Å²) in [6.45, 7) is 3.44. The van der Waals surface area contributed by atoms with Crippen LogP contribution in [0.4, 0.5) is 19.0 Å². The molecule has 0 saturated carbocycles. The lowest BCUT2D eigenvalue weighted by Crippen LogP contribution is -2.16. The average Bonchev–Trinajstić information content (AvgIpc) is 2.66. The van der Waals surface area contributed by atoms with Gasteiger partial charge in [-0.15, -0.1) is 0 Å². The minimum absolute atomic E-state index is 0.0292. The molecule has 2 aromatic rings. The number of aryl methyl sites for hydroxylation is 2. The predicted octanol–water partition coefficient (Wildman–Crippen LogP) is 2.54. The van der Waals surface area contributed by atoms with Gasteiger partial charge in [0.05, 0.1) is 5.69 Å². The first kappa shape index (κ1) is 14.6. The second kappa shape index (κ2) is 5.29. The van der Waals surface area contributed by atoms with Crippen molar-refractivity contribution in [3.05, 3.63) is 23.3 Å². The smallest absolute Gasteiger partial charge is 0.436 e. The fourth-order valence-electron chi connectivity index (χ4n) is 1.25. The minimum atomic E-state index is -4.66. The molecule has 2 rings (SSSR count). The van der Waals surface area contributed by atoms with E-state index in [-0.39, 0.29) is 16.1 Å². The number of anilines is 1. The third-order valence-corrected chi connectivity index (χ3v) is 3.07. The standard InChI is InChI=1S/C10H10F3N5OS/c1-4-5(2)19-9(15-4)20-7-3-6(18-14)16-8(17-7)10(11,12)13/h3H,14H2,1-2H3,(H,16,17,18). The summed E-state index contributed by atoms with van der Waals surface area (Å²) in [4.78, 5) is 10.7. The molecule has 2 heterocycles. The molecule has 0 fully saturated rings. The Morgan fingerprint density at radius 2 is 1.95 bits per heavy atom. The SMILES string of the molecule is Cc1nc(Sc2cc(NN)nc(C(F)(F)F)n2)oc1C. The number of hydrogen-bond donors (Lipinski definition) is 2. The number of oxazole rings is 1. The van der Waals surface area contributed by atoms with E-state index in [0.29, 0.717) is 11.5 Å². The van der Waals surface area contributed by atoms with Crippen LogP contribution in [0.25, 0.3) is 0 Å². The van der Waals surface area contributed by atoms with Gasteiger partial charge in [-0.1, -0.05) is 0 Å². The largest absolute Gasteiger partial charge is 0.451 e. The summed E-state index contributed by atoms with van der Waals surface area (Å²) in [5.41, 5.74) is 2.73. The van der Waals surface area contributed by atoms with Gasteiger partial charge in [0.25, 0.3) is 5.22 Å². The molecule has 0 atom stereocenters. The quantitative estimate of drug-likeness (QED) is 0.511. The number of hydrazine groups is 1. The highest BCUT2D eigenvalue weighted by atomic mass is 32.2. The first-order valence-electron chi connectivity index (χ1n) is 5.34. The maximum atomic E-state index is 12.6. The van der Waals surface area contributed by atoms with Crippen molar-refractivity contribution in [3.63, 3.8) is 0 Å². The molecular weight excluding hydrogens is 295 g/mol. The number of nitrogens with zero attached hydrogens (tertiary/aromatic N) is 3. The van der Waals surface area contributed by atoms with Crippen molar-refractivity contribution in [1.29, 1.82) is 0 Å². The highest BCUT2D eigenvalue weighted by molar-refractivity contribution is 7.99. The van der Waals surface area contributed by atoms with Gasteiger partial charge >= 0.3 is 6.18 Å². The Morgan fingerprint density at radius 3 is 2.45 bits per heavy atom.